The molecule has 2 unspecified atom stereocenters. The Morgan fingerprint density at radius 3 is 2.74 bits per heavy atom. The minimum absolute atomic E-state index is 0.0554. The second-order valence-corrected chi connectivity index (χ2v) is 6.28. The Bertz CT molecular complexity index is 559. The molecule has 0 heterocycles. The van der Waals surface area contributed by atoms with Crippen LogP contribution in [0.1, 0.15) is 49.4 Å². The molecule has 5 heteroatoms. The highest BCUT2D eigenvalue weighted by molar-refractivity contribution is 5.98. The standard InChI is InChI=1S/C18H26N2O3/c1-3-16(21)13-8-6-9-15(11-13)19-18(23)20(2)12-14-7-4-5-10-17(14)22/h6,8-9,11,14,17,22H,3-5,7,10,12H2,1-2H3,(H,19,23). The molecule has 0 bridgehead atoms. The third-order valence-corrected chi connectivity index (χ3v) is 4.48. The fourth-order valence-corrected chi connectivity index (χ4v) is 3.03. The van der Waals surface area contributed by atoms with Crippen LogP contribution in [-0.4, -0.2) is 41.5 Å². The Hall–Kier alpha value is -1.88. The average molecular weight is 318 g/mol. The largest absolute Gasteiger partial charge is 0.393 e. The number of Topliss-reactive ketones (excluding diaryl/α,β-unsaturated/α-hetero) is 1. The average Bonchev–Trinajstić information content (AvgIpc) is 2.56. The molecule has 0 spiro atoms. The zero-order chi connectivity index (χ0) is 16.8. The highest BCUT2D eigenvalue weighted by atomic mass is 16.3. The predicted octanol–water partition coefficient (Wildman–Crippen LogP) is 3.29. The summed E-state index contributed by atoms with van der Waals surface area (Å²) in [6.45, 7) is 2.36. The van der Waals surface area contributed by atoms with Crippen molar-refractivity contribution in [3.63, 3.8) is 0 Å². The summed E-state index contributed by atoms with van der Waals surface area (Å²) in [4.78, 5) is 25.6. The Balaban J connectivity index is 1.94. The lowest BCUT2D eigenvalue weighted by molar-refractivity contribution is 0.0575. The monoisotopic (exact) mass is 318 g/mol. The molecule has 23 heavy (non-hydrogen) atoms. The predicted molar refractivity (Wildman–Crippen MR) is 90.7 cm³/mol. The van der Waals surface area contributed by atoms with E-state index in [0.717, 1.165) is 25.7 Å². The Labute approximate surface area is 137 Å². The van der Waals surface area contributed by atoms with Crippen LogP contribution < -0.4 is 5.32 Å². The van der Waals surface area contributed by atoms with Crippen molar-refractivity contribution in [2.45, 2.75) is 45.1 Å². The number of aliphatic hydroxyl groups is 1. The number of nitrogens with zero attached hydrogens (tertiary/aromatic N) is 1. The maximum absolute atomic E-state index is 12.3. The van der Waals surface area contributed by atoms with E-state index >= 15 is 0 Å². The zero-order valence-electron chi connectivity index (χ0n) is 13.9. The highest BCUT2D eigenvalue weighted by Gasteiger charge is 2.25. The van der Waals surface area contributed by atoms with E-state index < -0.39 is 0 Å². The first-order valence-electron chi connectivity index (χ1n) is 8.34. The van der Waals surface area contributed by atoms with Gasteiger partial charge in [-0.2, -0.15) is 0 Å². The van der Waals surface area contributed by atoms with Crippen LogP contribution in [0.25, 0.3) is 0 Å². The van der Waals surface area contributed by atoms with E-state index in [4.69, 9.17) is 0 Å². The number of urea groups is 1. The number of hydrogen-bond donors (Lipinski definition) is 2. The lowest BCUT2D eigenvalue weighted by Crippen LogP contribution is -2.40. The summed E-state index contributed by atoms with van der Waals surface area (Å²) in [5, 5.41) is 12.8. The van der Waals surface area contributed by atoms with Crippen molar-refractivity contribution in [3.8, 4) is 0 Å². The fraction of sp³-hybridized carbons (Fsp3) is 0.556. The number of carbonyl (C=O) groups is 2. The number of ketones is 1. The van der Waals surface area contributed by atoms with E-state index in [1.807, 2.05) is 6.92 Å². The SMILES string of the molecule is CCC(=O)c1cccc(NC(=O)N(C)CC2CCCCC2O)c1. The van der Waals surface area contributed by atoms with Gasteiger partial charge in [0.05, 0.1) is 6.10 Å². The first kappa shape index (κ1) is 17.5. The highest BCUT2D eigenvalue weighted by Crippen LogP contribution is 2.25. The minimum atomic E-state index is -0.315. The Kier molecular flexibility index (Phi) is 6.16. The Morgan fingerprint density at radius 1 is 1.30 bits per heavy atom. The van der Waals surface area contributed by atoms with Gasteiger partial charge in [0.15, 0.2) is 5.78 Å². The number of carbonyl (C=O) groups excluding carboxylic acids is 2. The van der Waals surface area contributed by atoms with Gasteiger partial charge in [-0.3, -0.25) is 4.79 Å². The molecule has 2 rings (SSSR count). The maximum atomic E-state index is 12.3. The van der Waals surface area contributed by atoms with E-state index in [1.165, 1.54) is 0 Å². The molecule has 0 aliphatic heterocycles. The number of rotatable bonds is 5. The van der Waals surface area contributed by atoms with Crippen LogP contribution in [-0.2, 0) is 0 Å². The number of anilines is 1. The molecule has 1 fully saturated rings. The number of hydrogen-bond acceptors (Lipinski definition) is 3. The van der Waals surface area contributed by atoms with Crippen molar-refractivity contribution in [1.82, 2.24) is 4.90 Å². The summed E-state index contributed by atoms with van der Waals surface area (Å²) in [6.07, 6.45) is 4.08. The van der Waals surface area contributed by atoms with Crippen LogP contribution in [0.15, 0.2) is 24.3 Å². The molecular weight excluding hydrogens is 292 g/mol. The van der Waals surface area contributed by atoms with E-state index in [0.29, 0.717) is 24.2 Å². The normalized spacial score (nSPS) is 20.8. The summed E-state index contributed by atoms with van der Waals surface area (Å²) < 4.78 is 0. The summed E-state index contributed by atoms with van der Waals surface area (Å²) in [5.41, 5.74) is 1.22. The third-order valence-electron chi connectivity index (χ3n) is 4.48. The van der Waals surface area contributed by atoms with Crippen LogP contribution in [0.4, 0.5) is 10.5 Å². The van der Waals surface area contributed by atoms with Crippen LogP contribution in [0, 0.1) is 5.92 Å². The van der Waals surface area contributed by atoms with Gasteiger partial charge in [0.2, 0.25) is 0 Å². The van der Waals surface area contributed by atoms with Crippen LogP contribution in [0.3, 0.4) is 0 Å². The second kappa shape index (κ2) is 8.11. The van der Waals surface area contributed by atoms with Gasteiger partial charge in [-0.25, -0.2) is 4.79 Å². The topological polar surface area (TPSA) is 69.6 Å². The van der Waals surface area contributed by atoms with Gasteiger partial charge >= 0.3 is 6.03 Å². The van der Waals surface area contributed by atoms with Crippen molar-refractivity contribution < 1.29 is 14.7 Å². The third kappa shape index (κ3) is 4.79. The molecule has 5 nitrogen and oxygen atoms in total. The lowest BCUT2D eigenvalue weighted by atomic mass is 9.86. The summed E-state index contributed by atoms with van der Waals surface area (Å²) in [7, 11) is 1.73. The van der Waals surface area contributed by atoms with Gasteiger partial charge in [0.1, 0.15) is 0 Å². The molecule has 1 aliphatic carbocycles. The molecular formula is C18H26N2O3. The molecule has 2 amide bonds. The number of benzene rings is 1. The number of amides is 2. The van der Waals surface area contributed by atoms with Crippen molar-refractivity contribution in [1.29, 1.82) is 0 Å². The van der Waals surface area contributed by atoms with Gasteiger partial charge in [-0.05, 0) is 25.0 Å². The van der Waals surface area contributed by atoms with Crippen molar-refractivity contribution in [2.75, 3.05) is 18.9 Å². The van der Waals surface area contributed by atoms with Gasteiger partial charge < -0.3 is 15.3 Å². The van der Waals surface area contributed by atoms with Crippen molar-refractivity contribution in [2.24, 2.45) is 5.92 Å². The fourth-order valence-electron chi connectivity index (χ4n) is 3.03. The summed E-state index contributed by atoms with van der Waals surface area (Å²) in [6, 6.07) is 6.78. The number of nitrogens with one attached hydrogen (secondary N) is 1. The molecule has 1 aliphatic rings. The smallest absolute Gasteiger partial charge is 0.321 e. The molecule has 1 aromatic rings. The first-order valence-corrected chi connectivity index (χ1v) is 8.34. The van der Waals surface area contributed by atoms with E-state index in [2.05, 4.69) is 5.32 Å². The van der Waals surface area contributed by atoms with Crippen LogP contribution >= 0.6 is 0 Å². The molecule has 2 atom stereocenters. The van der Waals surface area contributed by atoms with E-state index in [1.54, 1.807) is 36.2 Å². The maximum Gasteiger partial charge on any atom is 0.321 e. The van der Waals surface area contributed by atoms with E-state index in [9.17, 15) is 14.7 Å². The molecule has 0 radical (unpaired) electrons. The molecule has 1 saturated carbocycles. The van der Waals surface area contributed by atoms with Gasteiger partial charge in [0, 0.05) is 37.2 Å². The summed E-state index contributed by atoms with van der Waals surface area (Å²) in [5.74, 6) is 0.201. The Morgan fingerprint density at radius 2 is 2.04 bits per heavy atom. The molecule has 126 valence electrons. The van der Waals surface area contributed by atoms with Crippen LogP contribution in [0.2, 0.25) is 0 Å². The second-order valence-electron chi connectivity index (χ2n) is 6.28. The molecule has 0 saturated heterocycles. The number of aliphatic hydroxyl groups excluding tert-OH is 1. The van der Waals surface area contributed by atoms with Gasteiger partial charge in [-0.15, -0.1) is 0 Å². The lowest BCUT2D eigenvalue weighted by Gasteiger charge is -2.31. The summed E-state index contributed by atoms with van der Waals surface area (Å²) >= 11 is 0. The van der Waals surface area contributed by atoms with Crippen molar-refractivity contribution >= 4 is 17.5 Å². The first-order chi connectivity index (χ1) is 11.0. The molecule has 0 aromatic heterocycles. The van der Waals surface area contributed by atoms with Gasteiger partial charge in [-0.1, -0.05) is 31.9 Å². The van der Waals surface area contributed by atoms with E-state index in [-0.39, 0.29) is 23.8 Å². The van der Waals surface area contributed by atoms with Gasteiger partial charge in [0.25, 0.3) is 0 Å². The minimum Gasteiger partial charge on any atom is -0.393 e. The molecule has 1 aromatic carbocycles. The van der Waals surface area contributed by atoms with Crippen molar-refractivity contribution in [3.05, 3.63) is 29.8 Å². The zero-order valence-corrected chi connectivity index (χ0v) is 13.9. The molecule has 2 N–H and O–H groups in total. The van der Waals surface area contributed by atoms with Crippen LogP contribution in [0.5, 0.6) is 0 Å². The quantitative estimate of drug-likeness (QED) is 0.818.